The van der Waals surface area contributed by atoms with Crippen LogP contribution in [0.4, 0.5) is 14.7 Å². The first-order valence-corrected chi connectivity index (χ1v) is 5.71. The van der Waals surface area contributed by atoms with Crippen LogP contribution in [0.2, 0.25) is 0 Å². The molecule has 1 aromatic carbocycles. The van der Waals surface area contributed by atoms with Crippen molar-refractivity contribution in [3.8, 4) is 0 Å². The number of benzene rings is 1. The van der Waals surface area contributed by atoms with Crippen molar-refractivity contribution >= 4 is 11.6 Å². The zero-order valence-corrected chi connectivity index (χ0v) is 9.85. The molecule has 0 saturated heterocycles. The predicted molar refractivity (Wildman–Crippen MR) is 66.7 cm³/mol. The van der Waals surface area contributed by atoms with Crippen molar-refractivity contribution in [2.75, 3.05) is 5.32 Å². The van der Waals surface area contributed by atoms with Crippen LogP contribution in [0.3, 0.4) is 0 Å². The summed E-state index contributed by atoms with van der Waals surface area (Å²) in [7, 11) is 0. The molecule has 2 heterocycles. The Hall–Kier alpha value is -2.50. The number of nitrogens with zero attached hydrogens (tertiary/aromatic N) is 3. The second kappa shape index (κ2) is 4.64. The highest BCUT2D eigenvalue weighted by atomic mass is 19.1. The second-order valence-corrected chi connectivity index (χ2v) is 4.08. The van der Waals surface area contributed by atoms with Gasteiger partial charge in [0.25, 0.3) is 0 Å². The number of nitrogens with one attached hydrogen (secondary N) is 1. The molecule has 0 amide bonds. The van der Waals surface area contributed by atoms with Crippen molar-refractivity contribution in [3.63, 3.8) is 0 Å². The van der Waals surface area contributed by atoms with Gasteiger partial charge >= 0.3 is 0 Å². The molecule has 96 valence electrons. The molecule has 3 rings (SSSR count). The topological polar surface area (TPSA) is 42.2 Å². The lowest BCUT2D eigenvalue weighted by Gasteiger charge is -2.05. The minimum atomic E-state index is -0.595. The van der Waals surface area contributed by atoms with Crippen LogP contribution >= 0.6 is 0 Å². The van der Waals surface area contributed by atoms with E-state index in [0.717, 1.165) is 6.07 Å². The van der Waals surface area contributed by atoms with Crippen LogP contribution in [0.1, 0.15) is 5.56 Å². The SMILES string of the molecule is Fc1cc(F)cc(CNc2nnc3ccccn23)c1. The van der Waals surface area contributed by atoms with Gasteiger partial charge in [0.2, 0.25) is 5.95 Å². The lowest BCUT2D eigenvalue weighted by molar-refractivity contribution is 0.580. The zero-order valence-electron chi connectivity index (χ0n) is 9.85. The van der Waals surface area contributed by atoms with Crippen molar-refractivity contribution in [2.45, 2.75) is 6.54 Å². The Labute approximate surface area is 107 Å². The molecule has 0 spiro atoms. The fourth-order valence-corrected chi connectivity index (χ4v) is 1.86. The normalized spacial score (nSPS) is 10.8. The molecule has 0 radical (unpaired) electrons. The molecule has 2 aromatic heterocycles. The van der Waals surface area contributed by atoms with E-state index in [1.807, 2.05) is 24.4 Å². The second-order valence-electron chi connectivity index (χ2n) is 4.08. The third kappa shape index (κ3) is 2.37. The lowest BCUT2D eigenvalue weighted by atomic mass is 10.2. The summed E-state index contributed by atoms with van der Waals surface area (Å²) in [5.74, 6) is -0.661. The molecule has 0 fully saturated rings. The Bertz CT molecular complexity index is 703. The van der Waals surface area contributed by atoms with Gasteiger partial charge in [-0.3, -0.25) is 4.40 Å². The molecule has 0 bridgehead atoms. The molecule has 0 saturated carbocycles. The molecule has 6 heteroatoms. The van der Waals surface area contributed by atoms with Gasteiger partial charge < -0.3 is 5.32 Å². The number of anilines is 1. The smallest absolute Gasteiger partial charge is 0.229 e. The van der Waals surface area contributed by atoms with E-state index in [4.69, 9.17) is 0 Å². The first-order chi connectivity index (χ1) is 9.22. The molecular weight excluding hydrogens is 250 g/mol. The maximum absolute atomic E-state index is 13.0. The monoisotopic (exact) mass is 260 g/mol. The average Bonchev–Trinajstić information content (AvgIpc) is 2.78. The lowest BCUT2D eigenvalue weighted by Crippen LogP contribution is -2.04. The van der Waals surface area contributed by atoms with Gasteiger partial charge in [-0.2, -0.15) is 0 Å². The van der Waals surface area contributed by atoms with Gasteiger partial charge in [-0.05, 0) is 29.8 Å². The van der Waals surface area contributed by atoms with Crippen LogP contribution in [0.15, 0.2) is 42.6 Å². The fourth-order valence-electron chi connectivity index (χ4n) is 1.86. The van der Waals surface area contributed by atoms with Gasteiger partial charge in [0.05, 0.1) is 0 Å². The van der Waals surface area contributed by atoms with Gasteiger partial charge in [0.15, 0.2) is 5.65 Å². The molecule has 4 nitrogen and oxygen atoms in total. The number of hydrogen-bond donors (Lipinski definition) is 1. The molecule has 3 aromatic rings. The van der Waals surface area contributed by atoms with E-state index in [1.165, 1.54) is 12.1 Å². The largest absolute Gasteiger partial charge is 0.350 e. The van der Waals surface area contributed by atoms with Crippen LogP contribution in [0.5, 0.6) is 0 Å². The molecule has 19 heavy (non-hydrogen) atoms. The first kappa shape index (κ1) is 11.6. The summed E-state index contributed by atoms with van der Waals surface area (Å²) in [5.41, 5.74) is 1.21. The predicted octanol–water partition coefficient (Wildman–Crippen LogP) is 2.62. The molecule has 0 unspecified atom stereocenters. The van der Waals surface area contributed by atoms with Crippen molar-refractivity contribution < 1.29 is 8.78 Å². The van der Waals surface area contributed by atoms with E-state index < -0.39 is 11.6 Å². The number of rotatable bonds is 3. The Balaban J connectivity index is 1.82. The minimum Gasteiger partial charge on any atom is -0.350 e. The summed E-state index contributed by atoms with van der Waals surface area (Å²) < 4.78 is 27.9. The summed E-state index contributed by atoms with van der Waals surface area (Å²) in [6, 6.07) is 8.92. The highest BCUT2D eigenvalue weighted by Gasteiger charge is 2.05. The number of pyridine rings is 1. The fraction of sp³-hybridized carbons (Fsp3) is 0.0769. The van der Waals surface area contributed by atoms with Gasteiger partial charge in [-0.1, -0.05) is 6.07 Å². The van der Waals surface area contributed by atoms with Crippen molar-refractivity contribution in [2.24, 2.45) is 0 Å². The number of halogens is 2. The summed E-state index contributed by atoms with van der Waals surface area (Å²) in [4.78, 5) is 0. The number of hydrogen-bond acceptors (Lipinski definition) is 3. The molecule has 0 aliphatic carbocycles. The Kier molecular flexibility index (Phi) is 2.83. The van der Waals surface area contributed by atoms with Crippen LogP contribution in [0.25, 0.3) is 5.65 Å². The van der Waals surface area contributed by atoms with Crippen LogP contribution in [-0.4, -0.2) is 14.6 Å². The Morgan fingerprint density at radius 1 is 1.05 bits per heavy atom. The molecule has 1 N–H and O–H groups in total. The van der Waals surface area contributed by atoms with Crippen molar-refractivity contribution in [1.29, 1.82) is 0 Å². The van der Waals surface area contributed by atoms with Gasteiger partial charge in [-0.25, -0.2) is 8.78 Å². The van der Waals surface area contributed by atoms with E-state index in [2.05, 4.69) is 15.5 Å². The third-order valence-electron chi connectivity index (χ3n) is 2.69. The van der Waals surface area contributed by atoms with E-state index in [9.17, 15) is 8.78 Å². The first-order valence-electron chi connectivity index (χ1n) is 5.71. The molecule has 0 atom stereocenters. The molecular formula is C13H10F2N4. The summed E-state index contributed by atoms with van der Waals surface area (Å²) in [6.45, 7) is 0.268. The maximum atomic E-state index is 13.0. The standard InChI is InChI=1S/C13H10F2N4/c14-10-5-9(6-11(15)7-10)8-16-13-18-17-12-3-1-2-4-19(12)13/h1-7H,8H2,(H,16,18). The highest BCUT2D eigenvalue weighted by Crippen LogP contribution is 2.11. The molecule has 0 aliphatic heterocycles. The Morgan fingerprint density at radius 2 is 1.84 bits per heavy atom. The maximum Gasteiger partial charge on any atom is 0.229 e. The summed E-state index contributed by atoms with van der Waals surface area (Å²) in [5, 5.41) is 10.9. The quantitative estimate of drug-likeness (QED) is 0.787. The van der Waals surface area contributed by atoms with E-state index in [-0.39, 0.29) is 6.54 Å². The van der Waals surface area contributed by atoms with Crippen LogP contribution in [0, 0.1) is 11.6 Å². The van der Waals surface area contributed by atoms with E-state index in [1.54, 1.807) is 4.40 Å². The number of aromatic nitrogens is 3. The van der Waals surface area contributed by atoms with Crippen molar-refractivity contribution in [3.05, 3.63) is 59.8 Å². The van der Waals surface area contributed by atoms with Gasteiger partial charge in [0, 0.05) is 18.8 Å². The van der Waals surface area contributed by atoms with Gasteiger partial charge in [0.1, 0.15) is 11.6 Å². The minimum absolute atomic E-state index is 0.268. The third-order valence-corrected chi connectivity index (χ3v) is 2.69. The van der Waals surface area contributed by atoms with E-state index in [0.29, 0.717) is 17.2 Å². The molecule has 0 aliphatic rings. The van der Waals surface area contributed by atoms with Gasteiger partial charge in [-0.15, -0.1) is 10.2 Å². The van der Waals surface area contributed by atoms with Crippen molar-refractivity contribution in [1.82, 2.24) is 14.6 Å². The van der Waals surface area contributed by atoms with Crippen LogP contribution in [-0.2, 0) is 6.54 Å². The van der Waals surface area contributed by atoms with E-state index >= 15 is 0 Å². The zero-order chi connectivity index (χ0) is 13.2. The number of fused-ring (bicyclic) bond motifs is 1. The summed E-state index contributed by atoms with van der Waals surface area (Å²) >= 11 is 0. The Morgan fingerprint density at radius 3 is 2.63 bits per heavy atom. The average molecular weight is 260 g/mol. The summed E-state index contributed by atoms with van der Waals surface area (Å²) in [6.07, 6.45) is 1.81. The van der Waals surface area contributed by atoms with Crippen LogP contribution < -0.4 is 5.32 Å². The highest BCUT2D eigenvalue weighted by molar-refractivity contribution is 5.44.